The summed E-state index contributed by atoms with van der Waals surface area (Å²) in [4.78, 5) is 0. The van der Waals surface area contributed by atoms with Gasteiger partial charge in [0.1, 0.15) is 16.1 Å². The molecule has 0 saturated carbocycles. The first kappa shape index (κ1) is 36.3. The van der Waals surface area contributed by atoms with Crippen molar-refractivity contribution in [3.8, 4) is 45.2 Å². The third-order valence-electron chi connectivity index (χ3n) is 13.2. The number of hydrogen-bond acceptors (Lipinski definition) is 0. The molecule has 0 nitrogen and oxygen atoms in total. The summed E-state index contributed by atoms with van der Waals surface area (Å²) in [5.41, 5.74) is 21.9. The van der Waals surface area contributed by atoms with E-state index in [1.54, 1.807) is 0 Å². The molecule has 2 aliphatic rings. The molecule has 7 rings (SSSR count). The minimum atomic E-state index is -1.97. The van der Waals surface area contributed by atoms with Gasteiger partial charge in [-0.2, -0.15) is 0 Å². The molecular weight excluding hydrogens is 657 g/mol. The van der Waals surface area contributed by atoms with Crippen LogP contribution >= 0.6 is 0 Å². The van der Waals surface area contributed by atoms with Gasteiger partial charge in [-0.1, -0.05) is 168 Å². The van der Waals surface area contributed by atoms with Gasteiger partial charge in [0.2, 0.25) is 0 Å². The predicted molar refractivity (Wildman–Crippen MR) is 234 cm³/mol. The molecule has 0 unspecified atom stereocenters. The van der Waals surface area contributed by atoms with Gasteiger partial charge < -0.3 is 0 Å². The Bertz CT molecular complexity index is 2280. The number of benzene rings is 5. The molecule has 0 aromatic heterocycles. The molecule has 5 aromatic carbocycles. The summed E-state index contributed by atoms with van der Waals surface area (Å²) in [7, 11) is -3.95. The first-order valence-electron chi connectivity index (χ1n) is 19.8. The van der Waals surface area contributed by atoms with Crippen molar-refractivity contribution in [2.45, 2.75) is 116 Å². The van der Waals surface area contributed by atoms with Crippen molar-refractivity contribution in [2.24, 2.45) is 0 Å². The molecule has 0 fully saturated rings. The fourth-order valence-corrected chi connectivity index (χ4v) is 21.1. The summed E-state index contributed by atoms with van der Waals surface area (Å²) in [6, 6.07) is 32.1. The highest BCUT2D eigenvalue weighted by molar-refractivity contribution is 6.91. The van der Waals surface area contributed by atoms with E-state index in [4.69, 9.17) is 0 Å². The van der Waals surface area contributed by atoms with Crippen LogP contribution in [0.5, 0.6) is 0 Å². The maximum Gasteiger partial charge on any atom is 0.146 e. The molecule has 0 spiro atoms. The minimum absolute atomic E-state index is 0.574. The topological polar surface area (TPSA) is 0 Å². The predicted octanol–water partition coefficient (Wildman–Crippen LogP) is 12.8. The molecule has 0 saturated heterocycles. The molecule has 2 aliphatic carbocycles. The van der Waals surface area contributed by atoms with E-state index in [9.17, 15) is 0 Å². The summed E-state index contributed by atoms with van der Waals surface area (Å²) in [6.07, 6.45) is 0. The number of hydrogen-bond donors (Lipinski definition) is 0. The van der Waals surface area contributed by atoms with Crippen molar-refractivity contribution in [1.82, 2.24) is 0 Å². The molecule has 0 atom stereocenters. The lowest BCUT2D eigenvalue weighted by Gasteiger charge is -2.38. The number of rotatable bonds is 6. The average Bonchev–Trinajstić information content (AvgIpc) is 3.58. The van der Waals surface area contributed by atoms with Crippen molar-refractivity contribution < 1.29 is 0 Å². The summed E-state index contributed by atoms with van der Waals surface area (Å²) in [6.45, 7) is 29.0. The minimum Gasteiger partial charge on any atom is -0.125 e. The quantitative estimate of drug-likeness (QED) is 0.121. The Hall–Kier alpha value is -4.09. The van der Waals surface area contributed by atoms with Crippen LogP contribution in [0, 0.1) is 22.9 Å². The largest absolute Gasteiger partial charge is 0.146 e. The average molecular weight is 713 g/mol. The van der Waals surface area contributed by atoms with Crippen molar-refractivity contribution in [3.05, 3.63) is 106 Å². The maximum atomic E-state index is 4.13. The van der Waals surface area contributed by atoms with Gasteiger partial charge in [-0.25, -0.2) is 0 Å². The molecule has 52 heavy (non-hydrogen) atoms. The summed E-state index contributed by atoms with van der Waals surface area (Å²) >= 11 is 0. The normalized spacial score (nSPS) is 13.7. The second-order valence-corrected chi connectivity index (χ2v) is 28.6. The lowest BCUT2D eigenvalue weighted by Crippen LogP contribution is -2.43. The van der Waals surface area contributed by atoms with Gasteiger partial charge in [-0.15, -0.1) is 11.1 Å². The molecule has 0 radical (unpaired) electrons. The zero-order valence-corrected chi connectivity index (χ0v) is 35.5. The van der Waals surface area contributed by atoms with Crippen LogP contribution < -0.4 is 10.4 Å². The van der Waals surface area contributed by atoms with E-state index in [-0.39, 0.29) is 0 Å². The first-order valence-corrected chi connectivity index (χ1v) is 24.3. The highest BCUT2D eigenvalue weighted by Gasteiger charge is 2.43. The molecule has 0 aliphatic heterocycles. The smallest absolute Gasteiger partial charge is 0.125 e. The SMILES string of the molecule is CC(C)[Si](C#CC1=c2cc3c(cc2-c2c1ccc1ccccc21)=C(C#C[Si](C(C)C)(C(C)C)C(C)C)c1ccc2ccccc2c1-3)(C(C)C)C(C)C. The third-order valence-corrected chi connectivity index (χ3v) is 25.8. The van der Waals surface area contributed by atoms with Gasteiger partial charge in [0.15, 0.2) is 0 Å². The molecule has 0 bridgehead atoms. The van der Waals surface area contributed by atoms with Crippen LogP contribution in [0.1, 0.15) is 94.2 Å². The zero-order chi connectivity index (χ0) is 37.3. The highest BCUT2D eigenvalue weighted by Crippen LogP contribution is 2.45. The zero-order valence-electron chi connectivity index (χ0n) is 33.5. The van der Waals surface area contributed by atoms with Gasteiger partial charge >= 0.3 is 0 Å². The number of fused-ring (bicyclic) bond motifs is 10. The maximum absolute atomic E-state index is 4.13. The molecule has 264 valence electrons. The van der Waals surface area contributed by atoms with Crippen LogP contribution in [0.2, 0.25) is 33.2 Å². The molecule has 5 aromatic rings. The van der Waals surface area contributed by atoms with Crippen molar-refractivity contribution in [2.75, 3.05) is 0 Å². The Kier molecular flexibility index (Phi) is 9.35. The standard InChI is InChI=1S/C50H56Si2/c1-31(2)51(32(3)4,33(5)6)27-25-41-43-23-21-37-17-13-15-19-39(37)49(43)47-30-46-42(26-28-52(34(7)8,35(9)10)36(11)12)44-24-22-38-18-14-16-20-40(38)50(44)48(46)29-45(41)47/h13-24,29-36H,1-12H3. The van der Waals surface area contributed by atoms with Crippen LogP contribution in [0.25, 0.3) is 54.9 Å². The van der Waals surface area contributed by atoms with Crippen LogP contribution in [-0.4, -0.2) is 16.1 Å². The van der Waals surface area contributed by atoms with Crippen molar-refractivity contribution in [1.29, 1.82) is 0 Å². The van der Waals surface area contributed by atoms with E-state index >= 15 is 0 Å². The van der Waals surface area contributed by atoms with Crippen molar-refractivity contribution in [3.63, 3.8) is 0 Å². The Morgan fingerprint density at radius 1 is 0.385 bits per heavy atom. The van der Waals surface area contributed by atoms with Crippen LogP contribution in [0.15, 0.2) is 84.9 Å². The second kappa shape index (κ2) is 13.4. The Labute approximate surface area is 315 Å². The summed E-state index contributed by atoms with van der Waals surface area (Å²) in [5.74, 6) is 7.98. The van der Waals surface area contributed by atoms with E-state index in [0.29, 0.717) is 33.2 Å². The molecule has 0 heterocycles. The fourth-order valence-electron chi connectivity index (χ4n) is 10.7. The van der Waals surface area contributed by atoms with E-state index < -0.39 is 16.1 Å². The third kappa shape index (κ3) is 5.32. The highest BCUT2D eigenvalue weighted by atomic mass is 28.3. The van der Waals surface area contributed by atoms with Crippen LogP contribution in [0.3, 0.4) is 0 Å². The first-order chi connectivity index (χ1) is 24.7. The Morgan fingerprint density at radius 2 is 0.712 bits per heavy atom. The van der Waals surface area contributed by atoms with Gasteiger partial charge in [0.25, 0.3) is 0 Å². The van der Waals surface area contributed by atoms with Gasteiger partial charge in [0.05, 0.1) is 0 Å². The van der Waals surface area contributed by atoms with E-state index in [0.717, 1.165) is 0 Å². The summed E-state index contributed by atoms with van der Waals surface area (Å²) < 4.78 is 0. The van der Waals surface area contributed by atoms with Crippen LogP contribution in [0.4, 0.5) is 0 Å². The van der Waals surface area contributed by atoms with Crippen molar-refractivity contribution >= 4 is 48.8 Å². The second-order valence-electron chi connectivity index (χ2n) is 17.4. The molecule has 0 amide bonds. The fraction of sp³-hybridized carbons (Fsp3) is 0.360. The molecule has 2 heteroatoms. The summed E-state index contributed by atoms with van der Waals surface area (Å²) in [5, 5.41) is 7.71. The van der Waals surface area contributed by atoms with Gasteiger partial charge in [-0.05, 0) is 111 Å². The molecule has 0 N–H and O–H groups in total. The lowest BCUT2D eigenvalue weighted by molar-refractivity contribution is 0.838. The van der Waals surface area contributed by atoms with Crippen LogP contribution in [-0.2, 0) is 0 Å². The lowest BCUT2D eigenvalue weighted by atomic mass is 9.94. The Morgan fingerprint density at radius 3 is 1.04 bits per heavy atom. The monoisotopic (exact) mass is 712 g/mol. The van der Waals surface area contributed by atoms with E-state index in [1.807, 2.05) is 0 Å². The van der Waals surface area contributed by atoms with E-state index in [2.05, 4.69) is 191 Å². The van der Waals surface area contributed by atoms with Gasteiger partial charge in [-0.3, -0.25) is 0 Å². The van der Waals surface area contributed by atoms with Gasteiger partial charge in [0, 0.05) is 11.1 Å². The van der Waals surface area contributed by atoms with E-state index in [1.165, 1.54) is 76.5 Å². The molecular formula is C50H56Si2. The Balaban J connectivity index is 1.64.